The van der Waals surface area contributed by atoms with Crippen molar-refractivity contribution in [2.45, 2.75) is 20.3 Å². The van der Waals surface area contributed by atoms with Crippen LogP contribution in [0.1, 0.15) is 16.7 Å². The van der Waals surface area contributed by atoms with Crippen LogP contribution in [0.5, 0.6) is 11.5 Å². The lowest BCUT2D eigenvalue weighted by Gasteiger charge is -2.11. The summed E-state index contributed by atoms with van der Waals surface area (Å²) in [5, 5.41) is 0. The summed E-state index contributed by atoms with van der Waals surface area (Å²) in [4.78, 5) is 0. The van der Waals surface area contributed by atoms with E-state index in [1.54, 1.807) is 7.11 Å². The van der Waals surface area contributed by atoms with E-state index < -0.39 is 0 Å². The average molecular weight is 178 g/mol. The number of methoxy groups -OCH3 is 1. The van der Waals surface area contributed by atoms with E-state index in [2.05, 4.69) is 19.9 Å². The van der Waals surface area contributed by atoms with Crippen LogP contribution in [0.25, 0.3) is 0 Å². The Balaban J connectivity index is 2.61. The highest BCUT2D eigenvalue weighted by molar-refractivity contribution is 5.53. The maximum absolute atomic E-state index is 5.55. The van der Waals surface area contributed by atoms with Crippen LogP contribution in [0.2, 0.25) is 0 Å². The van der Waals surface area contributed by atoms with E-state index in [1.807, 2.05) is 0 Å². The van der Waals surface area contributed by atoms with Crippen molar-refractivity contribution in [3.63, 3.8) is 0 Å². The van der Waals surface area contributed by atoms with E-state index in [4.69, 9.17) is 9.47 Å². The third kappa shape index (κ3) is 1.17. The van der Waals surface area contributed by atoms with Crippen LogP contribution in [0, 0.1) is 13.8 Å². The van der Waals surface area contributed by atoms with Gasteiger partial charge in [0.15, 0.2) is 0 Å². The van der Waals surface area contributed by atoms with E-state index in [0.717, 1.165) is 24.5 Å². The van der Waals surface area contributed by atoms with Gasteiger partial charge in [0.25, 0.3) is 0 Å². The summed E-state index contributed by atoms with van der Waals surface area (Å²) in [7, 11) is 1.71. The van der Waals surface area contributed by atoms with Crippen molar-refractivity contribution in [3.8, 4) is 11.5 Å². The molecule has 0 saturated carbocycles. The Morgan fingerprint density at radius 1 is 1.31 bits per heavy atom. The molecule has 0 saturated heterocycles. The van der Waals surface area contributed by atoms with Crippen molar-refractivity contribution in [1.82, 2.24) is 0 Å². The minimum atomic E-state index is 0.808. The van der Waals surface area contributed by atoms with E-state index in [1.165, 1.54) is 16.7 Å². The third-order valence-electron chi connectivity index (χ3n) is 2.71. The second kappa shape index (κ2) is 2.95. The molecule has 70 valence electrons. The quantitative estimate of drug-likeness (QED) is 0.656. The topological polar surface area (TPSA) is 18.5 Å². The second-order valence-corrected chi connectivity index (χ2v) is 3.42. The molecule has 2 rings (SSSR count). The lowest BCUT2D eigenvalue weighted by molar-refractivity contribution is 0.353. The Labute approximate surface area is 78.5 Å². The Morgan fingerprint density at radius 2 is 2.08 bits per heavy atom. The zero-order valence-corrected chi connectivity index (χ0v) is 8.31. The molecular weight excluding hydrogens is 164 g/mol. The van der Waals surface area contributed by atoms with Gasteiger partial charge in [-0.15, -0.1) is 0 Å². The SMILES string of the molecule is COc1cc2c(c(C)c1C)OCC2. The lowest BCUT2D eigenvalue weighted by atomic mass is 10.0. The fourth-order valence-electron chi connectivity index (χ4n) is 1.79. The van der Waals surface area contributed by atoms with E-state index >= 15 is 0 Å². The van der Waals surface area contributed by atoms with Crippen molar-refractivity contribution < 1.29 is 9.47 Å². The monoisotopic (exact) mass is 178 g/mol. The van der Waals surface area contributed by atoms with Crippen molar-refractivity contribution in [2.24, 2.45) is 0 Å². The van der Waals surface area contributed by atoms with Gasteiger partial charge in [0.2, 0.25) is 0 Å². The smallest absolute Gasteiger partial charge is 0.126 e. The van der Waals surface area contributed by atoms with Crippen LogP contribution in [-0.4, -0.2) is 13.7 Å². The number of ether oxygens (including phenoxy) is 2. The molecule has 0 radical (unpaired) electrons. The predicted molar refractivity (Wildman–Crippen MR) is 51.7 cm³/mol. The fraction of sp³-hybridized carbons (Fsp3) is 0.455. The molecule has 1 aromatic carbocycles. The summed E-state index contributed by atoms with van der Waals surface area (Å²) >= 11 is 0. The Hall–Kier alpha value is -1.18. The Morgan fingerprint density at radius 3 is 2.77 bits per heavy atom. The van der Waals surface area contributed by atoms with Crippen LogP contribution in [0.3, 0.4) is 0 Å². The summed E-state index contributed by atoms with van der Waals surface area (Å²) in [5.41, 5.74) is 3.68. The first-order chi connectivity index (χ1) is 6.24. The highest BCUT2D eigenvalue weighted by Gasteiger charge is 2.18. The molecule has 1 aliphatic heterocycles. The van der Waals surface area contributed by atoms with Crippen molar-refractivity contribution in [3.05, 3.63) is 22.8 Å². The maximum atomic E-state index is 5.55. The van der Waals surface area contributed by atoms with Gasteiger partial charge in [-0.1, -0.05) is 0 Å². The van der Waals surface area contributed by atoms with Gasteiger partial charge in [0, 0.05) is 12.0 Å². The number of benzene rings is 1. The standard InChI is InChI=1S/C11H14O2/c1-7-8(2)11-9(4-5-13-11)6-10(7)12-3/h6H,4-5H2,1-3H3. The molecule has 0 bridgehead atoms. The molecule has 0 unspecified atom stereocenters. The van der Waals surface area contributed by atoms with Crippen LogP contribution in [0.15, 0.2) is 6.07 Å². The van der Waals surface area contributed by atoms with E-state index in [0.29, 0.717) is 0 Å². The molecule has 1 aromatic rings. The number of hydrogen-bond acceptors (Lipinski definition) is 2. The molecule has 0 amide bonds. The summed E-state index contributed by atoms with van der Waals surface area (Å²) in [6.45, 7) is 4.96. The van der Waals surface area contributed by atoms with Crippen LogP contribution >= 0.6 is 0 Å². The van der Waals surface area contributed by atoms with E-state index in [-0.39, 0.29) is 0 Å². The van der Waals surface area contributed by atoms with Crippen LogP contribution in [0.4, 0.5) is 0 Å². The first kappa shape index (κ1) is 8.42. The lowest BCUT2D eigenvalue weighted by Crippen LogP contribution is -1.93. The largest absolute Gasteiger partial charge is 0.496 e. The molecule has 0 atom stereocenters. The minimum Gasteiger partial charge on any atom is -0.496 e. The molecule has 1 aliphatic rings. The molecule has 1 heterocycles. The van der Waals surface area contributed by atoms with Gasteiger partial charge in [-0.3, -0.25) is 0 Å². The second-order valence-electron chi connectivity index (χ2n) is 3.42. The summed E-state index contributed by atoms with van der Waals surface area (Å²) in [6, 6.07) is 2.09. The first-order valence-electron chi connectivity index (χ1n) is 4.54. The highest BCUT2D eigenvalue weighted by atomic mass is 16.5. The summed E-state index contributed by atoms with van der Waals surface area (Å²) in [5.74, 6) is 2.04. The summed E-state index contributed by atoms with van der Waals surface area (Å²) in [6.07, 6.45) is 1.01. The first-order valence-corrected chi connectivity index (χ1v) is 4.54. The maximum Gasteiger partial charge on any atom is 0.126 e. The Kier molecular flexibility index (Phi) is 1.91. The predicted octanol–water partition coefficient (Wildman–Crippen LogP) is 2.25. The third-order valence-corrected chi connectivity index (χ3v) is 2.71. The van der Waals surface area contributed by atoms with Gasteiger partial charge in [-0.25, -0.2) is 0 Å². The van der Waals surface area contributed by atoms with E-state index in [9.17, 15) is 0 Å². The molecule has 0 aliphatic carbocycles. The Bertz CT molecular complexity index is 342. The molecule has 13 heavy (non-hydrogen) atoms. The number of rotatable bonds is 1. The zero-order valence-electron chi connectivity index (χ0n) is 8.31. The zero-order chi connectivity index (χ0) is 9.42. The minimum absolute atomic E-state index is 0.808. The molecule has 0 aromatic heterocycles. The number of hydrogen-bond donors (Lipinski definition) is 0. The average Bonchev–Trinajstić information content (AvgIpc) is 2.59. The normalized spacial score (nSPS) is 13.8. The molecule has 0 fully saturated rings. The number of fused-ring (bicyclic) bond motifs is 1. The molecular formula is C11H14O2. The van der Waals surface area contributed by atoms with Gasteiger partial charge in [-0.2, -0.15) is 0 Å². The van der Waals surface area contributed by atoms with Gasteiger partial charge in [-0.05, 0) is 31.0 Å². The van der Waals surface area contributed by atoms with Crippen LogP contribution < -0.4 is 9.47 Å². The van der Waals surface area contributed by atoms with Gasteiger partial charge in [0.05, 0.1) is 13.7 Å². The van der Waals surface area contributed by atoms with Crippen molar-refractivity contribution in [1.29, 1.82) is 0 Å². The molecule has 2 nitrogen and oxygen atoms in total. The van der Waals surface area contributed by atoms with Crippen molar-refractivity contribution in [2.75, 3.05) is 13.7 Å². The van der Waals surface area contributed by atoms with Gasteiger partial charge in [0.1, 0.15) is 11.5 Å². The van der Waals surface area contributed by atoms with Gasteiger partial charge >= 0.3 is 0 Å². The summed E-state index contributed by atoms with van der Waals surface area (Å²) < 4.78 is 10.8. The van der Waals surface area contributed by atoms with Crippen molar-refractivity contribution >= 4 is 0 Å². The molecule has 2 heteroatoms. The van der Waals surface area contributed by atoms with Crippen LogP contribution in [-0.2, 0) is 6.42 Å². The molecule has 0 spiro atoms. The highest BCUT2D eigenvalue weighted by Crippen LogP contribution is 2.36. The van der Waals surface area contributed by atoms with Gasteiger partial charge < -0.3 is 9.47 Å². The molecule has 0 N–H and O–H groups in total. The fourth-order valence-corrected chi connectivity index (χ4v) is 1.79.